The first-order valence-electron chi connectivity index (χ1n) is 5.34. The molecule has 1 amide bonds. The van der Waals surface area contributed by atoms with E-state index in [4.69, 9.17) is 5.73 Å². The number of anilines is 1. The molecule has 3 N–H and O–H groups in total. The highest BCUT2D eigenvalue weighted by Gasteiger charge is 2.21. The van der Waals surface area contributed by atoms with E-state index in [-0.39, 0.29) is 11.3 Å². The van der Waals surface area contributed by atoms with Gasteiger partial charge in [0.25, 0.3) is 5.91 Å². The zero-order valence-electron chi connectivity index (χ0n) is 10.1. The third-order valence-electron chi connectivity index (χ3n) is 2.67. The third-order valence-corrected chi connectivity index (χ3v) is 2.67. The Hall–Kier alpha value is -1.65. The summed E-state index contributed by atoms with van der Waals surface area (Å²) in [6.07, 6.45) is 0.711. The average molecular weight is 242 g/mol. The fourth-order valence-electron chi connectivity index (χ4n) is 1.22. The van der Waals surface area contributed by atoms with Gasteiger partial charge in [-0.1, -0.05) is 6.92 Å². The van der Waals surface area contributed by atoms with E-state index in [2.05, 4.69) is 5.32 Å². The first-order chi connectivity index (χ1) is 7.76. The lowest BCUT2D eigenvalue weighted by atomic mass is 10.0. The second-order valence-electron chi connectivity index (χ2n) is 4.55. The van der Waals surface area contributed by atoms with Crippen LogP contribution >= 0.6 is 0 Å². The molecule has 5 heteroatoms. The Labute approximate surface area is 99.0 Å². The summed E-state index contributed by atoms with van der Waals surface area (Å²) in [6.45, 7) is 5.58. The van der Waals surface area contributed by atoms with Crippen LogP contribution in [0.5, 0.6) is 0 Å². The van der Waals surface area contributed by atoms with Gasteiger partial charge in [-0.15, -0.1) is 0 Å². The van der Waals surface area contributed by atoms with Crippen LogP contribution in [-0.2, 0) is 0 Å². The average Bonchev–Trinajstić information content (AvgIpc) is 2.22. The molecule has 1 aromatic carbocycles. The molecule has 0 saturated heterocycles. The Morgan fingerprint density at radius 1 is 1.35 bits per heavy atom. The van der Waals surface area contributed by atoms with Gasteiger partial charge in [-0.05, 0) is 26.3 Å². The van der Waals surface area contributed by atoms with Gasteiger partial charge in [0, 0.05) is 17.3 Å². The number of amides is 1. The van der Waals surface area contributed by atoms with E-state index in [1.165, 1.54) is 0 Å². The fourth-order valence-corrected chi connectivity index (χ4v) is 1.22. The molecule has 17 heavy (non-hydrogen) atoms. The molecular formula is C12H16F2N2O. The largest absolute Gasteiger partial charge is 0.398 e. The molecule has 0 spiro atoms. The van der Waals surface area contributed by atoms with Gasteiger partial charge >= 0.3 is 0 Å². The van der Waals surface area contributed by atoms with E-state index in [1.807, 2.05) is 20.8 Å². The first kappa shape index (κ1) is 13.4. The minimum absolute atomic E-state index is 0.0505. The summed E-state index contributed by atoms with van der Waals surface area (Å²) in [7, 11) is 0. The van der Waals surface area contributed by atoms with Crippen LogP contribution in [0.15, 0.2) is 12.1 Å². The highest BCUT2D eigenvalue weighted by atomic mass is 19.2. The molecule has 94 valence electrons. The van der Waals surface area contributed by atoms with Crippen molar-refractivity contribution in [1.82, 2.24) is 5.32 Å². The molecule has 1 rings (SSSR count). The van der Waals surface area contributed by atoms with Crippen molar-refractivity contribution in [3.8, 4) is 0 Å². The van der Waals surface area contributed by atoms with Gasteiger partial charge in [0.1, 0.15) is 0 Å². The summed E-state index contributed by atoms with van der Waals surface area (Å²) in [5, 5.41) is 2.70. The third kappa shape index (κ3) is 3.15. The smallest absolute Gasteiger partial charge is 0.253 e. The van der Waals surface area contributed by atoms with Crippen molar-refractivity contribution >= 4 is 11.6 Å². The number of nitrogens with two attached hydrogens (primary N) is 1. The molecule has 0 radical (unpaired) electrons. The number of nitrogen functional groups attached to an aromatic ring is 1. The molecule has 0 heterocycles. The van der Waals surface area contributed by atoms with Crippen molar-refractivity contribution < 1.29 is 13.6 Å². The molecule has 1 aromatic rings. The molecule has 0 unspecified atom stereocenters. The van der Waals surface area contributed by atoms with E-state index < -0.39 is 23.1 Å². The highest BCUT2D eigenvalue weighted by molar-refractivity contribution is 5.99. The number of carbonyl (C=O) groups excluding carboxylic acids is 1. The van der Waals surface area contributed by atoms with Crippen LogP contribution in [0.4, 0.5) is 14.5 Å². The van der Waals surface area contributed by atoms with Crippen LogP contribution in [0, 0.1) is 11.6 Å². The number of halogens is 2. The maximum Gasteiger partial charge on any atom is 0.253 e. The van der Waals surface area contributed by atoms with Gasteiger partial charge in [-0.3, -0.25) is 4.79 Å². The Morgan fingerprint density at radius 3 is 2.41 bits per heavy atom. The summed E-state index contributed by atoms with van der Waals surface area (Å²) in [5.41, 5.74) is 4.94. The van der Waals surface area contributed by atoms with E-state index in [1.54, 1.807) is 0 Å². The van der Waals surface area contributed by atoms with Gasteiger partial charge in [-0.25, -0.2) is 8.78 Å². The van der Waals surface area contributed by atoms with Crippen molar-refractivity contribution in [2.75, 3.05) is 5.73 Å². The molecule has 0 fully saturated rings. The topological polar surface area (TPSA) is 55.1 Å². The molecule has 0 aliphatic carbocycles. The zero-order valence-corrected chi connectivity index (χ0v) is 10.1. The fraction of sp³-hybridized carbons (Fsp3) is 0.417. The molecule has 0 bridgehead atoms. The molecule has 0 saturated carbocycles. The lowest BCUT2D eigenvalue weighted by molar-refractivity contribution is 0.0911. The number of benzene rings is 1. The number of hydrogen-bond donors (Lipinski definition) is 2. The SMILES string of the molecule is CCC(C)(C)NC(=O)c1cc(F)c(F)cc1N. The second kappa shape index (κ2) is 4.69. The zero-order chi connectivity index (χ0) is 13.2. The molecular weight excluding hydrogens is 226 g/mol. The summed E-state index contributed by atoms with van der Waals surface area (Å²) < 4.78 is 25.9. The lowest BCUT2D eigenvalue weighted by Gasteiger charge is -2.24. The van der Waals surface area contributed by atoms with E-state index >= 15 is 0 Å². The molecule has 0 aliphatic heterocycles. The lowest BCUT2D eigenvalue weighted by Crippen LogP contribution is -2.43. The monoisotopic (exact) mass is 242 g/mol. The minimum atomic E-state index is -1.08. The van der Waals surface area contributed by atoms with Gasteiger partial charge in [0.05, 0.1) is 5.56 Å². The summed E-state index contributed by atoms with van der Waals surface area (Å²) in [6, 6.07) is 1.62. The van der Waals surface area contributed by atoms with Gasteiger partial charge in [-0.2, -0.15) is 0 Å². The quantitative estimate of drug-likeness (QED) is 0.800. The predicted octanol–water partition coefficient (Wildman–Crippen LogP) is 2.47. The van der Waals surface area contributed by atoms with Gasteiger partial charge in [0.2, 0.25) is 0 Å². The van der Waals surface area contributed by atoms with E-state index in [0.29, 0.717) is 6.42 Å². The van der Waals surface area contributed by atoms with Gasteiger partial charge < -0.3 is 11.1 Å². The summed E-state index contributed by atoms with van der Waals surface area (Å²) in [5.74, 6) is -2.65. The van der Waals surface area contributed by atoms with Crippen molar-refractivity contribution in [3.05, 3.63) is 29.3 Å². The normalized spacial score (nSPS) is 11.4. The van der Waals surface area contributed by atoms with Crippen LogP contribution in [-0.4, -0.2) is 11.4 Å². The van der Waals surface area contributed by atoms with E-state index in [0.717, 1.165) is 12.1 Å². The Kier molecular flexibility index (Phi) is 3.70. The Morgan fingerprint density at radius 2 is 1.88 bits per heavy atom. The maximum absolute atomic E-state index is 13.0. The van der Waals surface area contributed by atoms with Gasteiger partial charge in [0.15, 0.2) is 11.6 Å². The maximum atomic E-state index is 13.0. The van der Waals surface area contributed by atoms with Crippen molar-refractivity contribution in [3.63, 3.8) is 0 Å². The molecule has 0 aliphatic rings. The van der Waals surface area contributed by atoms with Crippen molar-refractivity contribution in [1.29, 1.82) is 0 Å². The molecule has 0 atom stereocenters. The van der Waals surface area contributed by atoms with Crippen molar-refractivity contribution in [2.45, 2.75) is 32.7 Å². The van der Waals surface area contributed by atoms with Crippen LogP contribution in [0.1, 0.15) is 37.6 Å². The summed E-state index contributed by atoms with van der Waals surface area (Å²) in [4.78, 5) is 11.8. The summed E-state index contributed by atoms with van der Waals surface area (Å²) >= 11 is 0. The van der Waals surface area contributed by atoms with Crippen LogP contribution in [0.25, 0.3) is 0 Å². The second-order valence-corrected chi connectivity index (χ2v) is 4.55. The molecule has 0 aromatic heterocycles. The number of nitrogens with one attached hydrogen (secondary N) is 1. The number of carbonyl (C=O) groups is 1. The Bertz CT molecular complexity index is 444. The number of rotatable bonds is 3. The van der Waals surface area contributed by atoms with Crippen LogP contribution < -0.4 is 11.1 Å². The Balaban J connectivity index is 3.01. The van der Waals surface area contributed by atoms with Crippen LogP contribution in [0.3, 0.4) is 0 Å². The van der Waals surface area contributed by atoms with Crippen LogP contribution in [0.2, 0.25) is 0 Å². The molecule has 3 nitrogen and oxygen atoms in total. The first-order valence-corrected chi connectivity index (χ1v) is 5.34. The number of hydrogen-bond acceptors (Lipinski definition) is 2. The minimum Gasteiger partial charge on any atom is -0.398 e. The highest BCUT2D eigenvalue weighted by Crippen LogP contribution is 2.18. The standard InChI is InChI=1S/C12H16F2N2O/c1-4-12(2,3)16-11(17)7-5-8(13)9(14)6-10(7)15/h5-6H,4,15H2,1-3H3,(H,16,17). The van der Waals surface area contributed by atoms with E-state index in [9.17, 15) is 13.6 Å². The predicted molar refractivity (Wildman–Crippen MR) is 62.6 cm³/mol. The van der Waals surface area contributed by atoms with Crippen molar-refractivity contribution in [2.24, 2.45) is 0 Å².